The van der Waals surface area contributed by atoms with Crippen LogP contribution in [0.25, 0.3) is 0 Å². The molecule has 82 valence electrons. The van der Waals surface area contributed by atoms with Gasteiger partial charge in [0.05, 0.1) is 0 Å². The topological polar surface area (TPSA) is 50.2 Å². The highest BCUT2D eigenvalue weighted by atomic mass is 16.4. The van der Waals surface area contributed by atoms with E-state index in [1.54, 1.807) is 6.20 Å². The molecule has 0 amide bonds. The third kappa shape index (κ3) is 4.58. The SMILES string of the molecule is CC(C)(CCC(=O)O)Cc1cccnc1. The molecule has 0 aliphatic carbocycles. The molecule has 0 spiro atoms. The second kappa shape index (κ2) is 4.91. The van der Waals surface area contributed by atoms with Gasteiger partial charge in [-0.15, -0.1) is 0 Å². The molecule has 0 radical (unpaired) electrons. The van der Waals surface area contributed by atoms with Crippen molar-refractivity contribution in [3.8, 4) is 0 Å². The van der Waals surface area contributed by atoms with Crippen molar-refractivity contribution in [2.75, 3.05) is 0 Å². The van der Waals surface area contributed by atoms with Crippen LogP contribution in [-0.4, -0.2) is 16.1 Å². The van der Waals surface area contributed by atoms with E-state index >= 15 is 0 Å². The van der Waals surface area contributed by atoms with Crippen LogP contribution in [0, 0.1) is 5.41 Å². The molecule has 1 aromatic heterocycles. The number of carboxylic acid groups (broad SMARTS) is 1. The largest absolute Gasteiger partial charge is 0.481 e. The second-order valence-electron chi connectivity index (χ2n) is 4.60. The smallest absolute Gasteiger partial charge is 0.303 e. The zero-order chi connectivity index (χ0) is 11.3. The Morgan fingerprint density at radius 2 is 2.27 bits per heavy atom. The van der Waals surface area contributed by atoms with E-state index < -0.39 is 5.97 Å². The van der Waals surface area contributed by atoms with Crippen molar-refractivity contribution in [1.29, 1.82) is 0 Å². The Balaban J connectivity index is 2.52. The first-order valence-corrected chi connectivity index (χ1v) is 5.10. The van der Waals surface area contributed by atoms with E-state index in [1.165, 1.54) is 0 Å². The number of nitrogens with zero attached hydrogens (tertiary/aromatic N) is 1. The van der Waals surface area contributed by atoms with Crippen molar-refractivity contribution in [3.05, 3.63) is 30.1 Å². The van der Waals surface area contributed by atoms with Gasteiger partial charge < -0.3 is 5.11 Å². The summed E-state index contributed by atoms with van der Waals surface area (Å²) in [6, 6.07) is 3.93. The first-order valence-electron chi connectivity index (χ1n) is 5.10. The first-order chi connectivity index (χ1) is 6.99. The lowest BCUT2D eigenvalue weighted by atomic mass is 9.82. The highest BCUT2D eigenvalue weighted by Crippen LogP contribution is 2.26. The van der Waals surface area contributed by atoms with Gasteiger partial charge in [0.25, 0.3) is 0 Å². The van der Waals surface area contributed by atoms with Gasteiger partial charge in [0.1, 0.15) is 0 Å². The number of hydrogen-bond donors (Lipinski definition) is 1. The molecule has 0 fully saturated rings. The average Bonchev–Trinajstić information content (AvgIpc) is 2.16. The lowest BCUT2D eigenvalue weighted by Crippen LogP contribution is -2.16. The van der Waals surface area contributed by atoms with E-state index in [0.717, 1.165) is 12.0 Å². The average molecular weight is 207 g/mol. The highest BCUT2D eigenvalue weighted by molar-refractivity contribution is 5.66. The maximum atomic E-state index is 10.5. The number of hydrogen-bond acceptors (Lipinski definition) is 2. The maximum absolute atomic E-state index is 10.5. The normalized spacial score (nSPS) is 11.3. The molecular formula is C12H17NO2. The zero-order valence-electron chi connectivity index (χ0n) is 9.23. The summed E-state index contributed by atoms with van der Waals surface area (Å²) in [5.41, 5.74) is 1.18. The molecule has 0 aliphatic heterocycles. The number of carboxylic acids is 1. The molecule has 15 heavy (non-hydrogen) atoms. The Bertz CT molecular complexity index is 320. The maximum Gasteiger partial charge on any atom is 0.303 e. The van der Waals surface area contributed by atoms with Crippen LogP contribution in [0.2, 0.25) is 0 Å². The summed E-state index contributed by atoms with van der Waals surface area (Å²) < 4.78 is 0. The minimum Gasteiger partial charge on any atom is -0.481 e. The van der Waals surface area contributed by atoms with E-state index in [9.17, 15) is 4.79 Å². The van der Waals surface area contributed by atoms with Gasteiger partial charge in [0.15, 0.2) is 0 Å². The van der Waals surface area contributed by atoms with Crippen molar-refractivity contribution >= 4 is 5.97 Å². The molecule has 0 aromatic carbocycles. The number of carbonyl (C=O) groups is 1. The molecule has 3 heteroatoms. The highest BCUT2D eigenvalue weighted by Gasteiger charge is 2.19. The first kappa shape index (κ1) is 11.7. The minimum absolute atomic E-state index is 0.0153. The minimum atomic E-state index is -0.728. The number of pyridine rings is 1. The molecule has 0 aliphatic rings. The van der Waals surface area contributed by atoms with Crippen LogP contribution < -0.4 is 0 Å². The summed E-state index contributed by atoms with van der Waals surface area (Å²) in [6.07, 6.45) is 5.37. The summed E-state index contributed by atoms with van der Waals surface area (Å²) in [4.78, 5) is 14.5. The Kier molecular flexibility index (Phi) is 3.83. The lowest BCUT2D eigenvalue weighted by molar-refractivity contribution is -0.137. The van der Waals surface area contributed by atoms with Crippen molar-refractivity contribution in [1.82, 2.24) is 4.98 Å². The van der Waals surface area contributed by atoms with Crippen LogP contribution in [0.4, 0.5) is 0 Å². The van der Waals surface area contributed by atoms with Gasteiger partial charge in [-0.1, -0.05) is 19.9 Å². The van der Waals surface area contributed by atoms with Crippen molar-refractivity contribution in [2.45, 2.75) is 33.1 Å². The van der Waals surface area contributed by atoms with Gasteiger partial charge in [-0.2, -0.15) is 0 Å². The van der Waals surface area contributed by atoms with Gasteiger partial charge >= 0.3 is 5.97 Å². The molecule has 1 aromatic rings. The predicted molar refractivity (Wildman–Crippen MR) is 58.6 cm³/mol. The van der Waals surface area contributed by atoms with Crippen molar-refractivity contribution in [3.63, 3.8) is 0 Å². The fraction of sp³-hybridized carbons (Fsp3) is 0.500. The summed E-state index contributed by atoms with van der Waals surface area (Å²) in [7, 11) is 0. The van der Waals surface area contributed by atoms with Gasteiger partial charge in [0, 0.05) is 18.8 Å². The van der Waals surface area contributed by atoms with E-state index in [-0.39, 0.29) is 11.8 Å². The van der Waals surface area contributed by atoms with Gasteiger partial charge in [-0.25, -0.2) is 0 Å². The molecule has 0 atom stereocenters. The number of aromatic nitrogens is 1. The monoisotopic (exact) mass is 207 g/mol. The second-order valence-corrected chi connectivity index (χ2v) is 4.60. The standard InChI is InChI=1S/C12H17NO2/c1-12(2,6-5-11(14)15)8-10-4-3-7-13-9-10/h3-4,7,9H,5-6,8H2,1-2H3,(H,14,15). The van der Waals surface area contributed by atoms with Gasteiger partial charge in [0.2, 0.25) is 0 Å². The Labute approximate surface area is 90.2 Å². The van der Waals surface area contributed by atoms with Gasteiger partial charge in [-0.3, -0.25) is 9.78 Å². The Hall–Kier alpha value is -1.38. The van der Waals surface area contributed by atoms with Crippen LogP contribution >= 0.6 is 0 Å². The van der Waals surface area contributed by atoms with Gasteiger partial charge in [-0.05, 0) is 29.9 Å². The molecule has 1 heterocycles. The molecule has 0 unspecified atom stereocenters. The molecule has 1 rings (SSSR count). The molecule has 3 nitrogen and oxygen atoms in total. The van der Waals surface area contributed by atoms with E-state index in [4.69, 9.17) is 5.11 Å². The summed E-state index contributed by atoms with van der Waals surface area (Å²) in [5, 5.41) is 8.63. The fourth-order valence-electron chi connectivity index (χ4n) is 1.59. The molecule has 0 saturated carbocycles. The fourth-order valence-corrected chi connectivity index (χ4v) is 1.59. The third-order valence-corrected chi connectivity index (χ3v) is 2.42. The summed E-state index contributed by atoms with van der Waals surface area (Å²) in [6.45, 7) is 4.17. The van der Waals surface area contributed by atoms with Crippen LogP contribution in [-0.2, 0) is 11.2 Å². The van der Waals surface area contributed by atoms with E-state index in [2.05, 4.69) is 18.8 Å². The summed E-state index contributed by atoms with van der Waals surface area (Å²) in [5.74, 6) is -0.728. The number of aliphatic carboxylic acids is 1. The Morgan fingerprint density at radius 1 is 1.53 bits per heavy atom. The summed E-state index contributed by atoms with van der Waals surface area (Å²) >= 11 is 0. The molecule has 0 saturated heterocycles. The lowest BCUT2D eigenvalue weighted by Gasteiger charge is -2.23. The predicted octanol–water partition coefficient (Wildman–Crippen LogP) is 2.52. The quantitative estimate of drug-likeness (QED) is 0.807. The van der Waals surface area contributed by atoms with E-state index in [1.807, 2.05) is 18.3 Å². The van der Waals surface area contributed by atoms with E-state index in [0.29, 0.717) is 6.42 Å². The van der Waals surface area contributed by atoms with Crippen LogP contribution in [0.15, 0.2) is 24.5 Å². The van der Waals surface area contributed by atoms with Crippen LogP contribution in [0.3, 0.4) is 0 Å². The molecule has 1 N–H and O–H groups in total. The molecule has 0 bridgehead atoms. The molecular weight excluding hydrogens is 190 g/mol. The Morgan fingerprint density at radius 3 is 2.80 bits per heavy atom. The van der Waals surface area contributed by atoms with Crippen LogP contribution in [0.5, 0.6) is 0 Å². The van der Waals surface area contributed by atoms with Crippen molar-refractivity contribution < 1.29 is 9.90 Å². The third-order valence-electron chi connectivity index (χ3n) is 2.42. The van der Waals surface area contributed by atoms with Crippen LogP contribution in [0.1, 0.15) is 32.3 Å². The van der Waals surface area contributed by atoms with Crippen molar-refractivity contribution in [2.24, 2.45) is 5.41 Å². The zero-order valence-corrected chi connectivity index (χ0v) is 9.23. The number of rotatable bonds is 5.